The van der Waals surface area contributed by atoms with Crippen LogP contribution in [0.2, 0.25) is 0 Å². The van der Waals surface area contributed by atoms with Gasteiger partial charge in [0.1, 0.15) is 12.1 Å². The average Bonchev–Trinajstić information content (AvgIpc) is 3.20. The summed E-state index contributed by atoms with van der Waals surface area (Å²) in [6, 6.07) is 10.2. The Morgan fingerprint density at radius 2 is 2.07 bits per heavy atom. The molecule has 0 aliphatic carbocycles. The molecule has 132 valence electrons. The van der Waals surface area contributed by atoms with Crippen LogP contribution in [-0.4, -0.2) is 31.6 Å². The minimum atomic E-state index is 0.537. The predicted octanol–water partition coefficient (Wildman–Crippen LogP) is 4.03. The van der Waals surface area contributed by atoms with Crippen LogP contribution in [-0.2, 0) is 0 Å². The molecule has 0 radical (unpaired) electrons. The van der Waals surface area contributed by atoms with Gasteiger partial charge in [-0.15, -0.1) is 10.2 Å². The SMILES string of the molecule is C=C/C=C(\C=C)N(C)c1nc2nncn2c2cc(-c3cccnc3)ccc12. The van der Waals surface area contributed by atoms with Gasteiger partial charge in [0.2, 0.25) is 0 Å². The number of hydrogen-bond donors (Lipinski definition) is 0. The molecule has 0 saturated heterocycles. The van der Waals surface area contributed by atoms with Crippen molar-refractivity contribution in [2.45, 2.75) is 0 Å². The second-order valence-corrected chi connectivity index (χ2v) is 6.00. The number of pyridine rings is 1. The van der Waals surface area contributed by atoms with Crippen LogP contribution in [0.3, 0.4) is 0 Å². The molecule has 3 heterocycles. The van der Waals surface area contributed by atoms with Gasteiger partial charge in [-0.3, -0.25) is 9.38 Å². The van der Waals surface area contributed by atoms with Crippen LogP contribution in [0.4, 0.5) is 5.82 Å². The lowest BCUT2D eigenvalue weighted by atomic mass is 10.1. The molecule has 0 spiro atoms. The monoisotopic (exact) mass is 354 g/mol. The molecule has 0 atom stereocenters. The van der Waals surface area contributed by atoms with E-state index in [0.29, 0.717) is 5.78 Å². The van der Waals surface area contributed by atoms with E-state index in [-0.39, 0.29) is 0 Å². The molecule has 3 aromatic heterocycles. The Balaban J connectivity index is 1.99. The molecule has 0 unspecified atom stereocenters. The Hall–Kier alpha value is -3.80. The van der Waals surface area contributed by atoms with E-state index >= 15 is 0 Å². The van der Waals surface area contributed by atoms with E-state index in [1.54, 1.807) is 24.7 Å². The lowest BCUT2D eigenvalue weighted by Crippen LogP contribution is -2.17. The molecule has 0 amide bonds. The lowest BCUT2D eigenvalue weighted by molar-refractivity contribution is 1.06. The van der Waals surface area contributed by atoms with Crippen molar-refractivity contribution < 1.29 is 0 Å². The molecule has 1 aromatic carbocycles. The summed E-state index contributed by atoms with van der Waals surface area (Å²) >= 11 is 0. The van der Waals surface area contributed by atoms with Crippen LogP contribution in [0.15, 0.2) is 86.1 Å². The highest BCUT2D eigenvalue weighted by atomic mass is 15.3. The van der Waals surface area contributed by atoms with Crippen LogP contribution in [0.5, 0.6) is 0 Å². The van der Waals surface area contributed by atoms with Crippen LogP contribution in [0.25, 0.3) is 27.8 Å². The Bertz CT molecular complexity index is 1170. The van der Waals surface area contributed by atoms with Crippen molar-refractivity contribution >= 4 is 22.5 Å². The quantitative estimate of drug-likeness (QED) is 0.506. The van der Waals surface area contributed by atoms with Crippen LogP contribution < -0.4 is 4.90 Å². The van der Waals surface area contributed by atoms with Gasteiger partial charge in [0.25, 0.3) is 5.78 Å². The van der Waals surface area contributed by atoms with Crippen LogP contribution in [0, 0.1) is 0 Å². The fourth-order valence-corrected chi connectivity index (χ4v) is 3.08. The summed E-state index contributed by atoms with van der Waals surface area (Å²) in [5, 5.41) is 9.15. The van der Waals surface area contributed by atoms with Crippen molar-refractivity contribution in [3.8, 4) is 11.1 Å². The van der Waals surface area contributed by atoms with E-state index in [9.17, 15) is 0 Å². The number of likely N-dealkylation sites (N-methyl/N-ethyl adjacent to an activating group) is 1. The van der Waals surface area contributed by atoms with Crippen molar-refractivity contribution in [3.63, 3.8) is 0 Å². The van der Waals surface area contributed by atoms with Gasteiger partial charge in [0.15, 0.2) is 0 Å². The maximum Gasteiger partial charge on any atom is 0.257 e. The van der Waals surface area contributed by atoms with E-state index in [1.807, 2.05) is 40.8 Å². The van der Waals surface area contributed by atoms with Gasteiger partial charge >= 0.3 is 0 Å². The second-order valence-electron chi connectivity index (χ2n) is 6.00. The minimum Gasteiger partial charge on any atom is -0.329 e. The Morgan fingerprint density at radius 1 is 1.19 bits per heavy atom. The van der Waals surface area contributed by atoms with Crippen LogP contribution in [0.1, 0.15) is 0 Å². The Kier molecular flexibility index (Phi) is 4.22. The summed E-state index contributed by atoms with van der Waals surface area (Å²) in [5.74, 6) is 1.31. The molecule has 27 heavy (non-hydrogen) atoms. The maximum absolute atomic E-state index is 4.70. The number of rotatable bonds is 5. The fourth-order valence-electron chi connectivity index (χ4n) is 3.08. The third kappa shape index (κ3) is 2.87. The average molecular weight is 354 g/mol. The number of anilines is 1. The molecule has 6 heteroatoms. The first-order valence-electron chi connectivity index (χ1n) is 8.45. The molecule has 4 rings (SSSR count). The minimum absolute atomic E-state index is 0.537. The van der Waals surface area contributed by atoms with Gasteiger partial charge in [0, 0.05) is 36.1 Å². The first-order valence-corrected chi connectivity index (χ1v) is 8.45. The van der Waals surface area contributed by atoms with Crippen molar-refractivity contribution in [1.82, 2.24) is 24.6 Å². The maximum atomic E-state index is 4.70. The molecule has 0 saturated carbocycles. The van der Waals surface area contributed by atoms with E-state index < -0.39 is 0 Å². The fraction of sp³-hybridized carbons (Fsp3) is 0.0476. The van der Waals surface area contributed by atoms with Crippen molar-refractivity contribution in [3.05, 3.63) is 86.1 Å². The Labute approximate surface area is 156 Å². The summed E-state index contributed by atoms with van der Waals surface area (Å²) in [7, 11) is 1.95. The zero-order chi connectivity index (χ0) is 18.8. The van der Waals surface area contributed by atoms with Gasteiger partial charge in [-0.1, -0.05) is 31.4 Å². The van der Waals surface area contributed by atoms with E-state index in [1.165, 1.54) is 0 Å². The smallest absolute Gasteiger partial charge is 0.257 e. The number of fused-ring (bicyclic) bond motifs is 3. The highest BCUT2D eigenvalue weighted by molar-refractivity contribution is 5.95. The number of benzene rings is 1. The summed E-state index contributed by atoms with van der Waals surface area (Å²) in [5.41, 5.74) is 3.97. The molecule has 6 nitrogen and oxygen atoms in total. The highest BCUT2D eigenvalue weighted by Gasteiger charge is 2.15. The molecule has 4 aromatic rings. The number of allylic oxidation sites excluding steroid dienone is 3. The van der Waals surface area contributed by atoms with Gasteiger partial charge in [0.05, 0.1) is 5.52 Å². The highest BCUT2D eigenvalue weighted by Crippen LogP contribution is 2.31. The van der Waals surface area contributed by atoms with Crippen molar-refractivity contribution in [2.75, 3.05) is 11.9 Å². The predicted molar refractivity (Wildman–Crippen MR) is 108 cm³/mol. The molecule has 0 fully saturated rings. The zero-order valence-corrected chi connectivity index (χ0v) is 14.9. The second kappa shape index (κ2) is 6.84. The van der Waals surface area contributed by atoms with Crippen molar-refractivity contribution in [1.29, 1.82) is 0 Å². The van der Waals surface area contributed by atoms with Gasteiger partial charge < -0.3 is 4.90 Å². The summed E-state index contributed by atoms with van der Waals surface area (Å²) in [6.45, 7) is 7.66. The number of aromatic nitrogens is 5. The van der Waals surface area contributed by atoms with E-state index in [2.05, 4.69) is 46.5 Å². The first-order chi connectivity index (χ1) is 13.2. The molecule has 0 N–H and O–H groups in total. The molecular formula is C21H18N6. The topological polar surface area (TPSA) is 59.2 Å². The zero-order valence-electron chi connectivity index (χ0n) is 14.9. The molecular weight excluding hydrogens is 336 g/mol. The molecule has 0 aliphatic rings. The standard InChI is InChI=1S/C21H18N6/c1-4-7-17(5-2)26(3)20-18-10-9-15(16-8-6-11-22-13-16)12-19(18)27-14-23-25-21(27)24-20/h4-14H,1-2H2,3H3/b17-7+. The lowest BCUT2D eigenvalue weighted by Gasteiger charge is -2.21. The summed E-state index contributed by atoms with van der Waals surface area (Å²) in [6.07, 6.45) is 10.7. The third-order valence-corrected chi connectivity index (χ3v) is 4.43. The molecule has 0 aliphatic heterocycles. The van der Waals surface area contributed by atoms with Gasteiger partial charge in [-0.25, -0.2) is 0 Å². The van der Waals surface area contributed by atoms with Crippen LogP contribution >= 0.6 is 0 Å². The summed E-state index contributed by atoms with van der Waals surface area (Å²) < 4.78 is 1.89. The van der Waals surface area contributed by atoms with E-state index in [0.717, 1.165) is 33.5 Å². The number of hydrogen-bond acceptors (Lipinski definition) is 5. The third-order valence-electron chi connectivity index (χ3n) is 4.43. The van der Waals surface area contributed by atoms with Crippen molar-refractivity contribution in [2.24, 2.45) is 0 Å². The summed E-state index contributed by atoms with van der Waals surface area (Å²) in [4.78, 5) is 10.9. The van der Waals surface area contributed by atoms with Gasteiger partial charge in [-0.05, 0) is 35.9 Å². The number of nitrogens with zero attached hydrogens (tertiary/aromatic N) is 6. The normalized spacial score (nSPS) is 11.7. The first kappa shape index (κ1) is 16.7. The Morgan fingerprint density at radius 3 is 2.81 bits per heavy atom. The molecule has 0 bridgehead atoms. The largest absolute Gasteiger partial charge is 0.329 e. The van der Waals surface area contributed by atoms with E-state index in [4.69, 9.17) is 4.98 Å². The van der Waals surface area contributed by atoms with Gasteiger partial charge in [-0.2, -0.15) is 4.98 Å².